The Morgan fingerprint density at radius 3 is 1.81 bits per heavy atom. The van der Waals surface area contributed by atoms with Gasteiger partial charge in [-0.25, -0.2) is 5.01 Å². The molecule has 0 aliphatic carbocycles. The minimum Gasteiger partial charge on any atom is -0.480 e. The summed E-state index contributed by atoms with van der Waals surface area (Å²) >= 11 is 0. The summed E-state index contributed by atoms with van der Waals surface area (Å²) in [4.78, 5) is 10.7. The van der Waals surface area contributed by atoms with Gasteiger partial charge >= 0.3 is 5.97 Å². The van der Waals surface area contributed by atoms with Crippen LogP contribution >= 0.6 is 0 Å². The van der Waals surface area contributed by atoms with E-state index >= 15 is 0 Å². The minimum absolute atomic E-state index is 0.0723. The van der Waals surface area contributed by atoms with Crippen LogP contribution in [-0.2, 0) is 4.79 Å². The van der Waals surface area contributed by atoms with E-state index in [1.165, 1.54) is 83.5 Å². The lowest BCUT2D eigenvalue weighted by molar-refractivity contribution is -0.139. The van der Waals surface area contributed by atoms with Gasteiger partial charge in [0.05, 0.1) is 0 Å². The molecule has 2 N–H and O–H groups in total. The van der Waals surface area contributed by atoms with Gasteiger partial charge in [0.15, 0.2) is 0 Å². The molecule has 0 amide bonds. The van der Waals surface area contributed by atoms with Crippen molar-refractivity contribution in [1.82, 2.24) is 10.4 Å². The molecular formula is C22H44N2O2. The summed E-state index contributed by atoms with van der Waals surface area (Å²) in [6.07, 6.45) is 23.1. The Labute approximate surface area is 162 Å². The quantitative estimate of drug-likeness (QED) is 0.159. The minimum atomic E-state index is -0.777. The number of hydrogen-bond acceptors (Lipinski definition) is 3. The molecule has 154 valence electrons. The molecule has 0 radical (unpaired) electrons. The summed E-state index contributed by atoms with van der Waals surface area (Å²) in [7, 11) is 0. The molecule has 0 bridgehead atoms. The molecule has 0 heterocycles. The number of carboxylic acids is 1. The number of unbranched alkanes of at least 4 members (excludes halogenated alkanes) is 12. The molecule has 4 nitrogen and oxygen atoms in total. The molecule has 26 heavy (non-hydrogen) atoms. The van der Waals surface area contributed by atoms with E-state index in [2.05, 4.69) is 24.5 Å². The highest BCUT2D eigenvalue weighted by atomic mass is 16.4. The normalized spacial score (nSPS) is 11.7. The average Bonchev–Trinajstić information content (AvgIpc) is 2.63. The molecule has 0 aromatic carbocycles. The molecule has 0 rings (SSSR count). The zero-order chi connectivity index (χ0) is 19.3. The molecule has 0 aliphatic heterocycles. The second-order valence-corrected chi connectivity index (χ2v) is 7.25. The summed E-state index contributed by atoms with van der Waals surface area (Å²) < 4.78 is 0. The zero-order valence-corrected chi connectivity index (χ0v) is 17.5. The fourth-order valence-electron chi connectivity index (χ4n) is 3.05. The van der Waals surface area contributed by atoms with Crippen LogP contribution in [0.4, 0.5) is 0 Å². The molecule has 0 aromatic rings. The molecule has 4 heteroatoms. The molecule has 0 aromatic heterocycles. The van der Waals surface area contributed by atoms with E-state index in [9.17, 15) is 4.79 Å². The Kier molecular flexibility index (Phi) is 19.8. The Hall–Kier alpha value is -0.870. The van der Waals surface area contributed by atoms with Crippen molar-refractivity contribution in [2.24, 2.45) is 0 Å². The highest BCUT2D eigenvalue weighted by Crippen LogP contribution is 2.09. The van der Waals surface area contributed by atoms with Crippen LogP contribution < -0.4 is 5.43 Å². The van der Waals surface area contributed by atoms with Crippen molar-refractivity contribution in [2.45, 2.75) is 104 Å². The maximum absolute atomic E-state index is 10.7. The number of allylic oxidation sites excluding steroid dienone is 2. The summed E-state index contributed by atoms with van der Waals surface area (Å²) in [6, 6.07) is 0. The van der Waals surface area contributed by atoms with Crippen LogP contribution in [0, 0.1) is 0 Å². The highest BCUT2D eigenvalue weighted by Gasteiger charge is 2.05. The lowest BCUT2D eigenvalue weighted by Gasteiger charge is -2.19. The van der Waals surface area contributed by atoms with Gasteiger partial charge in [-0.3, -0.25) is 10.2 Å². The number of hydrogen-bond donors (Lipinski definition) is 2. The Bertz CT molecular complexity index is 332. The standard InChI is InChI=1S/C22H44N2O2/c1-3-5-6-7-8-9-10-11-12-13-14-15-16-17-18-19-20-23-24(4-2)21-22(25)26/h11-12,23H,3-10,13-21H2,1-2H3,(H,25,26). The van der Waals surface area contributed by atoms with Crippen LogP contribution in [0.15, 0.2) is 12.2 Å². The van der Waals surface area contributed by atoms with Gasteiger partial charge in [-0.05, 0) is 32.1 Å². The van der Waals surface area contributed by atoms with Gasteiger partial charge in [0.25, 0.3) is 0 Å². The predicted molar refractivity (Wildman–Crippen MR) is 112 cm³/mol. The number of nitrogens with one attached hydrogen (secondary N) is 1. The smallest absolute Gasteiger partial charge is 0.319 e. The van der Waals surface area contributed by atoms with E-state index in [0.29, 0.717) is 0 Å². The third-order valence-electron chi connectivity index (χ3n) is 4.73. The zero-order valence-electron chi connectivity index (χ0n) is 17.5. The Balaban J connectivity index is 3.23. The predicted octanol–water partition coefficient (Wildman–Crippen LogP) is 5.94. The van der Waals surface area contributed by atoms with Gasteiger partial charge in [0.2, 0.25) is 0 Å². The second kappa shape index (κ2) is 20.4. The molecule has 0 saturated heterocycles. The molecule has 0 spiro atoms. The fourth-order valence-corrected chi connectivity index (χ4v) is 3.05. The van der Waals surface area contributed by atoms with Crippen molar-refractivity contribution in [3.05, 3.63) is 12.2 Å². The lowest BCUT2D eigenvalue weighted by atomic mass is 10.1. The molecule has 0 fully saturated rings. The topological polar surface area (TPSA) is 52.6 Å². The summed E-state index contributed by atoms with van der Waals surface area (Å²) in [5.74, 6) is -0.777. The number of hydrazine groups is 1. The van der Waals surface area contributed by atoms with Crippen molar-refractivity contribution >= 4 is 5.97 Å². The van der Waals surface area contributed by atoms with Crippen LogP contribution in [0.2, 0.25) is 0 Å². The molecular weight excluding hydrogens is 324 g/mol. The number of carbonyl (C=O) groups is 1. The molecule has 0 saturated carbocycles. The Morgan fingerprint density at radius 2 is 1.31 bits per heavy atom. The van der Waals surface area contributed by atoms with E-state index in [-0.39, 0.29) is 6.54 Å². The van der Waals surface area contributed by atoms with Crippen molar-refractivity contribution < 1.29 is 9.90 Å². The SMILES string of the molecule is CCCCCCCCC=CCCCCCCCCNN(CC)CC(=O)O. The van der Waals surface area contributed by atoms with Crippen LogP contribution in [0.5, 0.6) is 0 Å². The van der Waals surface area contributed by atoms with E-state index in [1.807, 2.05) is 6.92 Å². The van der Waals surface area contributed by atoms with Crippen LogP contribution in [0.1, 0.15) is 104 Å². The van der Waals surface area contributed by atoms with Crippen LogP contribution in [-0.4, -0.2) is 35.7 Å². The fraction of sp³-hybridized carbons (Fsp3) is 0.864. The van der Waals surface area contributed by atoms with Crippen molar-refractivity contribution in [3.63, 3.8) is 0 Å². The first kappa shape index (κ1) is 25.1. The van der Waals surface area contributed by atoms with Crippen molar-refractivity contribution in [3.8, 4) is 0 Å². The largest absolute Gasteiger partial charge is 0.480 e. The van der Waals surface area contributed by atoms with Gasteiger partial charge in [-0.1, -0.05) is 83.8 Å². The monoisotopic (exact) mass is 368 g/mol. The second-order valence-electron chi connectivity index (χ2n) is 7.25. The number of aliphatic carboxylic acids is 1. The van der Waals surface area contributed by atoms with Crippen molar-refractivity contribution in [2.75, 3.05) is 19.6 Å². The van der Waals surface area contributed by atoms with Crippen molar-refractivity contribution in [1.29, 1.82) is 0 Å². The van der Waals surface area contributed by atoms with Gasteiger partial charge in [0.1, 0.15) is 6.54 Å². The summed E-state index contributed by atoms with van der Waals surface area (Å²) in [5, 5.41) is 10.5. The molecule has 0 unspecified atom stereocenters. The van der Waals surface area contributed by atoms with Gasteiger partial charge in [-0.15, -0.1) is 0 Å². The lowest BCUT2D eigenvalue weighted by Crippen LogP contribution is -2.41. The summed E-state index contributed by atoms with van der Waals surface area (Å²) in [6.45, 7) is 5.91. The van der Waals surface area contributed by atoms with Gasteiger partial charge in [-0.2, -0.15) is 0 Å². The first-order chi connectivity index (χ1) is 12.7. The molecule has 0 aliphatic rings. The van der Waals surface area contributed by atoms with E-state index in [0.717, 1.165) is 19.5 Å². The maximum Gasteiger partial charge on any atom is 0.319 e. The number of nitrogens with zero attached hydrogens (tertiary/aromatic N) is 1. The number of carboxylic acid groups (broad SMARTS) is 1. The molecule has 0 atom stereocenters. The van der Waals surface area contributed by atoms with Crippen LogP contribution in [0.3, 0.4) is 0 Å². The van der Waals surface area contributed by atoms with E-state index in [1.54, 1.807) is 5.01 Å². The number of likely N-dealkylation sites (N-methyl/N-ethyl adjacent to an activating group) is 1. The average molecular weight is 369 g/mol. The van der Waals surface area contributed by atoms with E-state index < -0.39 is 5.97 Å². The Morgan fingerprint density at radius 1 is 0.808 bits per heavy atom. The first-order valence-electron chi connectivity index (χ1n) is 11.1. The third kappa shape index (κ3) is 19.5. The first-order valence-corrected chi connectivity index (χ1v) is 11.1. The number of rotatable bonds is 20. The highest BCUT2D eigenvalue weighted by molar-refractivity contribution is 5.68. The summed E-state index contributed by atoms with van der Waals surface area (Å²) in [5.41, 5.74) is 3.19. The van der Waals surface area contributed by atoms with Gasteiger partial charge in [0, 0.05) is 13.1 Å². The third-order valence-corrected chi connectivity index (χ3v) is 4.73. The van der Waals surface area contributed by atoms with E-state index in [4.69, 9.17) is 5.11 Å². The van der Waals surface area contributed by atoms with Gasteiger partial charge < -0.3 is 5.11 Å². The van der Waals surface area contributed by atoms with Crippen LogP contribution in [0.25, 0.3) is 0 Å². The maximum atomic E-state index is 10.7.